The minimum Gasteiger partial charge on any atom is -0.481 e. The molecule has 0 unspecified atom stereocenters. The van der Waals surface area contributed by atoms with Crippen molar-refractivity contribution in [2.45, 2.75) is 50.6 Å². The number of carboxylic acid groups (broad SMARTS) is 1. The zero-order chi connectivity index (χ0) is 29.7. The quantitative estimate of drug-likeness (QED) is 0.262. The summed E-state index contributed by atoms with van der Waals surface area (Å²) >= 11 is 0. The molecule has 218 valence electrons. The number of oxazole rings is 1. The number of alkyl halides is 3. The summed E-state index contributed by atoms with van der Waals surface area (Å²) < 4.78 is 73.0. The summed E-state index contributed by atoms with van der Waals surface area (Å²) in [5, 5.41) is 13.7. The minimum atomic E-state index is -5.18. The third kappa shape index (κ3) is 7.47. The summed E-state index contributed by atoms with van der Waals surface area (Å²) in [5.41, 5.74) is -0.611. The lowest BCUT2D eigenvalue weighted by molar-refractivity contribution is -0.153. The molecule has 0 spiro atoms. The number of carboxylic acids is 1. The third-order valence-corrected chi connectivity index (χ3v) is 6.89. The number of aromatic nitrogens is 1. The molecule has 0 radical (unpaired) electrons. The summed E-state index contributed by atoms with van der Waals surface area (Å²) in [4.78, 5) is 39.1. The maximum Gasteiger partial charge on any atom is 0.452 e. The highest BCUT2D eigenvalue weighted by molar-refractivity contribution is 5.95. The van der Waals surface area contributed by atoms with Crippen LogP contribution in [0.5, 0.6) is 0 Å². The second-order valence-electron chi connectivity index (χ2n) is 9.78. The molecule has 1 heterocycles. The molecule has 3 N–H and O–H groups in total. The minimum absolute atomic E-state index is 0.176. The van der Waals surface area contributed by atoms with Crippen molar-refractivity contribution in [3.8, 4) is 11.5 Å². The molecule has 1 aliphatic rings. The second-order valence-corrected chi connectivity index (χ2v) is 9.78. The average molecular weight is 580 g/mol. The Kier molecular flexibility index (Phi) is 9.04. The highest BCUT2D eigenvalue weighted by Gasteiger charge is 2.42. The molecule has 0 aliphatic heterocycles. The molecule has 1 fully saturated rings. The molecule has 13 heteroatoms. The highest BCUT2D eigenvalue weighted by Crippen LogP contribution is 2.38. The molecular formula is C28H26F5N3O5. The van der Waals surface area contributed by atoms with E-state index in [4.69, 9.17) is 5.11 Å². The van der Waals surface area contributed by atoms with E-state index in [0.717, 1.165) is 49.4 Å². The van der Waals surface area contributed by atoms with Crippen molar-refractivity contribution in [2.24, 2.45) is 5.92 Å². The van der Waals surface area contributed by atoms with Crippen molar-refractivity contribution in [1.82, 2.24) is 10.3 Å². The number of halogens is 5. The van der Waals surface area contributed by atoms with Crippen molar-refractivity contribution in [2.75, 3.05) is 11.9 Å². The lowest BCUT2D eigenvalue weighted by atomic mass is 9.77. The van der Waals surface area contributed by atoms with Gasteiger partial charge in [-0.15, -0.1) is 0 Å². The van der Waals surface area contributed by atoms with Crippen LogP contribution in [-0.4, -0.2) is 34.4 Å². The number of benzene rings is 2. The Bertz CT molecular complexity index is 1390. The van der Waals surface area contributed by atoms with Gasteiger partial charge in [0, 0.05) is 25.1 Å². The maximum atomic E-state index is 14.0. The molecule has 1 aromatic heterocycles. The van der Waals surface area contributed by atoms with Crippen LogP contribution in [0.25, 0.3) is 11.5 Å². The number of hydrogen-bond donors (Lipinski definition) is 3. The van der Waals surface area contributed by atoms with Crippen molar-refractivity contribution in [3.05, 3.63) is 71.1 Å². The fourth-order valence-electron chi connectivity index (χ4n) is 4.86. The number of carbonyl (C=O) groups is 3. The van der Waals surface area contributed by atoms with Gasteiger partial charge in [-0.25, -0.2) is 13.8 Å². The first-order chi connectivity index (χ1) is 19.4. The van der Waals surface area contributed by atoms with Crippen LogP contribution in [0.15, 0.2) is 46.9 Å². The van der Waals surface area contributed by atoms with Gasteiger partial charge < -0.3 is 20.2 Å². The van der Waals surface area contributed by atoms with Gasteiger partial charge >= 0.3 is 12.1 Å². The third-order valence-electron chi connectivity index (χ3n) is 6.89. The zero-order valence-corrected chi connectivity index (χ0v) is 21.6. The Morgan fingerprint density at radius 3 is 2.20 bits per heavy atom. The van der Waals surface area contributed by atoms with E-state index in [2.05, 4.69) is 20.0 Å². The summed E-state index contributed by atoms with van der Waals surface area (Å²) in [5.74, 6) is -7.48. The van der Waals surface area contributed by atoms with Crippen molar-refractivity contribution in [1.29, 1.82) is 0 Å². The Hall–Kier alpha value is -4.29. The van der Waals surface area contributed by atoms with Crippen LogP contribution >= 0.6 is 0 Å². The number of carbonyl (C=O) groups excluding carboxylic acids is 2. The fraction of sp³-hybridized carbons (Fsp3) is 0.357. The first-order valence-corrected chi connectivity index (χ1v) is 12.8. The van der Waals surface area contributed by atoms with Crippen LogP contribution < -0.4 is 10.6 Å². The van der Waals surface area contributed by atoms with E-state index in [9.17, 15) is 36.3 Å². The molecule has 1 aliphatic carbocycles. The molecule has 0 saturated heterocycles. The van der Waals surface area contributed by atoms with E-state index in [1.54, 1.807) is 12.1 Å². The first-order valence-electron chi connectivity index (χ1n) is 12.8. The smallest absolute Gasteiger partial charge is 0.452 e. The molecule has 2 amide bonds. The van der Waals surface area contributed by atoms with E-state index in [0.29, 0.717) is 11.6 Å². The summed E-state index contributed by atoms with van der Waals surface area (Å²) in [6.45, 7) is -0.351. The molecule has 41 heavy (non-hydrogen) atoms. The number of amides is 2. The Balaban J connectivity index is 1.31. The first kappa shape index (κ1) is 29.7. The Labute approximate surface area is 231 Å². The SMILES string of the molecule is O=C(O)CC1CCC(c2ccc(NC(=O)CCNC(=O)c3nc(-c4c(F)cccc4F)oc3C(F)(F)F)cc2)CC1. The van der Waals surface area contributed by atoms with E-state index in [1.165, 1.54) is 0 Å². The van der Waals surface area contributed by atoms with Gasteiger partial charge in [0.15, 0.2) is 5.69 Å². The van der Waals surface area contributed by atoms with Crippen LogP contribution in [-0.2, 0) is 15.8 Å². The maximum absolute atomic E-state index is 14.0. The summed E-state index contributed by atoms with van der Waals surface area (Å²) in [6, 6.07) is 9.78. The number of aliphatic carboxylic acids is 1. The lowest BCUT2D eigenvalue weighted by Crippen LogP contribution is -2.29. The Morgan fingerprint density at radius 2 is 1.61 bits per heavy atom. The van der Waals surface area contributed by atoms with Crippen LogP contribution in [0, 0.1) is 17.6 Å². The highest BCUT2D eigenvalue weighted by atomic mass is 19.4. The largest absolute Gasteiger partial charge is 0.481 e. The zero-order valence-electron chi connectivity index (χ0n) is 21.6. The molecular weight excluding hydrogens is 553 g/mol. The normalized spacial score (nSPS) is 17.2. The number of hydrogen-bond acceptors (Lipinski definition) is 5. The summed E-state index contributed by atoms with van der Waals surface area (Å²) in [7, 11) is 0. The lowest BCUT2D eigenvalue weighted by Gasteiger charge is -2.28. The summed E-state index contributed by atoms with van der Waals surface area (Å²) in [6.07, 6.45) is -1.86. The van der Waals surface area contributed by atoms with E-state index >= 15 is 0 Å². The monoisotopic (exact) mass is 579 g/mol. The van der Waals surface area contributed by atoms with Gasteiger partial charge in [0.1, 0.15) is 17.2 Å². The van der Waals surface area contributed by atoms with Crippen molar-refractivity contribution in [3.63, 3.8) is 0 Å². The van der Waals surface area contributed by atoms with E-state index in [-0.39, 0.29) is 25.3 Å². The van der Waals surface area contributed by atoms with Gasteiger partial charge in [-0.2, -0.15) is 13.2 Å². The predicted octanol–water partition coefficient (Wildman–Crippen LogP) is 6.15. The van der Waals surface area contributed by atoms with Crippen LogP contribution in [0.2, 0.25) is 0 Å². The van der Waals surface area contributed by atoms with Crippen molar-refractivity contribution >= 4 is 23.5 Å². The standard InChI is InChI=1S/C28H26F5N3O5/c29-19-2-1-3-20(30)23(19)27-36-24(25(41-27)28(31,32)33)26(40)34-13-12-21(37)35-18-10-8-17(9-11-18)16-6-4-15(5-7-16)14-22(38)39/h1-3,8-11,15-16H,4-7,12-14H2,(H,34,40)(H,35,37)(H,38,39). The average Bonchev–Trinajstić information content (AvgIpc) is 3.35. The fourth-order valence-corrected chi connectivity index (χ4v) is 4.86. The van der Waals surface area contributed by atoms with Crippen LogP contribution in [0.4, 0.5) is 27.6 Å². The molecule has 4 rings (SSSR count). The molecule has 2 aromatic carbocycles. The van der Waals surface area contributed by atoms with E-state index in [1.807, 2.05) is 12.1 Å². The molecule has 1 saturated carbocycles. The molecule has 3 aromatic rings. The predicted molar refractivity (Wildman–Crippen MR) is 136 cm³/mol. The number of nitrogens with one attached hydrogen (secondary N) is 2. The number of anilines is 1. The Morgan fingerprint density at radius 1 is 0.976 bits per heavy atom. The molecule has 8 nitrogen and oxygen atoms in total. The van der Waals surface area contributed by atoms with E-state index < -0.39 is 58.5 Å². The molecule has 0 bridgehead atoms. The molecule has 0 atom stereocenters. The topological polar surface area (TPSA) is 122 Å². The van der Waals surface area contributed by atoms with Crippen LogP contribution in [0.1, 0.15) is 66.3 Å². The van der Waals surface area contributed by atoms with Gasteiger partial charge in [-0.05, 0) is 67.3 Å². The second kappa shape index (κ2) is 12.5. The van der Waals surface area contributed by atoms with Gasteiger partial charge in [0.25, 0.3) is 5.91 Å². The van der Waals surface area contributed by atoms with Gasteiger partial charge in [-0.3, -0.25) is 14.4 Å². The van der Waals surface area contributed by atoms with Crippen molar-refractivity contribution < 1.29 is 45.9 Å². The van der Waals surface area contributed by atoms with Crippen LogP contribution in [0.3, 0.4) is 0 Å². The van der Waals surface area contributed by atoms with Gasteiger partial charge in [-0.1, -0.05) is 18.2 Å². The van der Waals surface area contributed by atoms with Gasteiger partial charge in [0.2, 0.25) is 17.6 Å². The number of rotatable bonds is 9. The van der Waals surface area contributed by atoms with Gasteiger partial charge in [0.05, 0.1) is 0 Å². The number of nitrogens with zero attached hydrogens (tertiary/aromatic N) is 1.